The van der Waals surface area contributed by atoms with Crippen LogP contribution in [0.1, 0.15) is 70.6 Å². The van der Waals surface area contributed by atoms with Crippen LogP contribution in [0, 0.1) is 13.8 Å². The molecule has 0 spiro atoms. The second-order valence-electron chi connectivity index (χ2n) is 9.71. The number of aryl methyl sites for hydroxylation is 2. The monoisotopic (exact) mass is 488 g/mol. The van der Waals surface area contributed by atoms with E-state index in [4.69, 9.17) is 21.2 Å². The van der Waals surface area contributed by atoms with E-state index < -0.39 is 0 Å². The Labute approximate surface area is 210 Å². The molecule has 6 nitrogen and oxygen atoms in total. The van der Waals surface area contributed by atoms with E-state index in [9.17, 15) is 4.79 Å². The van der Waals surface area contributed by atoms with E-state index in [2.05, 4.69) is 48.6 Å². The topological polar surface area (TPSA) is 73.0 Å². The van der Waals surface area contributed by atoms with Gasteiger partial charge in [-0.1, -0.05) is 66.1 Å². The highest BCUT2D eigenvalue weighted by molar-refractivity contribution is 6.30. The number of fused-ring (bicyclic) bond motifs is 1. The zero-order valence-corrected chi connectivity index (χ0v) is 21.2. The Kier molecular flexibility index (Phi) is 6.01. The molecule has 2 aromatic carbocycles. The van der Waals surface area contributed by atoms with Crippen molar-refractivity contribution < 1.29 is 9.32 Å². The molecule has 1 aliphatic rings. The average molecular weight is 489 g/mol. The number of carbonyl (C=O) groups is 1. The van der Waals surface area contributed by atoms with Crippen LogP contribution in [-0.2, 0) is 18.3 Å². The number of nitrogens with zero attached hydrogens (tertiary/aromatic N) is 3. The van der Waals surface area contributed by atoms with Crippen LogP contribution >= 0.6 is 11.6 Å². The highest BCUT2D eigenvalue weighted by Crippen LogP contribution is 2.39. The Hall–Kier alpha value is -3.38. The molecule has 0 saturated carbocycles. The zero-order chi connectivity index (χ0) is 24.7. The molecule has 0 bridgehead atoms. The number of nitrogens with one attached hydrogen (secondary N) is 1. The Morgan fingerprint density at radius 3 is 2.57 bits per heavy atom. The van der Waals surface area contributed by atoms with Gasteiger partial charge in [0.15, 0.2) is 5.69 Å². The standard InChI is InChI=1S/C28H29ClN4O2/c1-17-25(19(3)33(31-17)18(2)20-10-12-22(29)13-11-20)30-27(34)26-23-16-28(4,15-14-24(23)35-32-26)21-8-6-5-7-9-21/h5-13,18H,14-16H2,1-4H3,(H,30,34). The maximum absolute atomic E-state index is 13.4. The first-order valence-corrected chi connectivity index (χ1v) is 12.3. The predicted molar refractivity (Wildman–Crippen MR) is 137 cm³/mol. The number of hydrogen-bond acceptors (Lipinski definition) is 4. The van der Waals surface area contributed by atoms with Crippen LogP contribution in [0.3, 0.4) is 0 Å². The first-order valence-electron chi connectivity index (χ1n) is 11.9. The van der Waals surface area contributed by atoms with Gasteiger partial charge in [0.1, 0.15) is 5.76 Å². The molecule has 2 atom stereocenters. The third-order valence-corrected chi connectivity index (χ3v) is 7.56. The van der Waals surface area contributed by atoms with Crippen molar-refractivity contribution in [3.05, 3.63) is 99.2 Å². The molecule has 1 N–H and O–H groups in total. The molecule has 0 aliphatic heterocycles. The second kappa shape index (κ2) is 9.00. The Balaban J connectivity index is 1.40. The summed E-state index contributed by atoms with van der Waals surface area (Å²) in [5.74, 6) is 0.543. The fourth-order valence-electron chi connectivity index (χ4n) is 5.13. The van der Waals surface area contributed by atoms with Crippen molar-refractivity contribution in [3.63, 3.8) is 0 Å². The van der Waals surface area contributed by atoms with Gasteiger partial charge in [-0.25, -0.2) is 0 Å². The summed E-state index contributed by atoms with van der Waals surface area (Å²) in [4.78, 5) is 13.4. The molecule has 4 aromatic rings. The Bertz CT molecular complexity index is 1370. The summed E-state index contributed by atoms with van der Waals surface area (Å²) in [6, 6.07) is 18.2. The minimum Gasteiger partial charge on any atom is -0.360 e. The normalized spacial score (nSPS) is 18.2. The van der Waals surface area contributed by atoms with Crippen LogP contribution in [0.25, 0.3) is 0 Å². The molecule has 0 fully saturated rings. The molecular weight excluding hydrogens is 460 g/mol. The largest absolute Gasteiger partial charge is 0.360 e. The van der Waals surface area contributed by atoms with Gasteiger partial charge in [-0.15, -0.1) is 0 Å². The number of halogens is 1. The van der Waals surface area contributed by atoms with Crippen LogP contribution in [0.2, 0.25) is 5.02 Å². The summed E-state index contributed by atoms with van der Waals surface area (Å²) < 4.78 is 7.53. The lowest BCUT2D eigenvalue weighted by molar-refractivity contribution is 0.101. The van der Waals surface area contributed by atoms with E-state index in [1.165, 1.54) is 5.56 Å². The molecule has 35 heavy (non-hydrogen) atoms. The van der Waals surface area contributed by atoms with Crippen molar-refractivity contribution in [3.8, 4) is 0 Å². The van der Waals surface area contributed by atoms with Crippen LogP contribution in [0.15, 0.2) is 59.1 Å². The first kappa shape index (κ1) is 23.4. The third-order valence-electron chi connectivity index (χ3n) is 7.31. The molecule has 2 heterocycles. The number of rotatable bonds is 5. The summed E-state index contributed by atoms with van der Waals surface area (Å²) >= 11 is 6.05. The summed E-state index contributed by atoms with van der Waals surface area (Å²) in [7, 11) is 0. The molecule has 1 aliphatic carbocycles. The highest BCUT2D eigenvalue weighted by atomic mass is 35.5. The van der Waals surface area contributed by atoms with E-state index >= 15 is 0 Å². The van der Waals surface area contributed by atoms with Crippen LogP contribution in [0.5, 0.6) is 0 Å². The average Bonchev–Trinajstić information content (AvgIpc) is 3.40. The van der Waals surface area contributed by atoms with Gasteiger partial charge in [-0.3, -0.25) is 9.48 Å². The minimum atomic E-state index is -0.266. The smallest absolute Gasteiger partial charge is 0.278 e. The van der Waals surface area contributed by atoms with E-state index in [0.29, 0.717) is 22.8 Å². The summed E-state index contributed by atoms with van der Waals surface area (Å²) in [6.45, 7) is 8.19. The molecule has 2 aromatic heterocycles. The van der Waals surface area contributed by atoms with E-state index in [-0.39, 0.29) is 17.4 Å². The van der Waals surface area contributed by atoms with Gasteiger partial charge in [0, 0.05) is 17.0 Å². The van der Waals surface area contributed by atoms with Gasteiger partial charge < -0.3 is 9.84 Å². The molecule has 0 radical (unpaired) electrons. The lowest BCUT2D eigenvalue weighted by atomic mass is 9.70. The van der Waals surface area contributed by atoms with Gasteiger partial charge in [0.2, 0.25) is 0 Å². The Morgan fingerprint density at radius 1 is 1.14 bits per heavy atom. The maximum Gasteiger partial charge on any atom is 0.278 e. The molecule has 1 amide bonds. The second-order valence-corrected chi connectivity index (χ2v) is 10.1. The third kappa shape index (κ3) is 4.27. The lowest BCUT2D eigenvalue weighted by Crippen LogP contribution is -2.31. The lowest BCUT2D eigenvalue weighted by Gasteiger charge is -2.33. The number of benzene rings is 2. The molecule has 0 saturated heterocycles. The van der Waals surface area contributed by atoms with Crippen molar-refractivity contribution in [1.29, 1.82) is 0 Å². The van der Waals surface area contributed by atoms with E-state index in [0.717, 1.165) is 41.1 Å². The maximum atomic E-state index is 13.4. The van der Waals surface area contributed by atoms with Gasteiger partial charge in [-0.2, -0.15) is 5.10 Å². The molecular formula is C28H29ClN4O2. The van der Waals surface area contributed by atoms with E-state index in [1.54, 1.807) is 0 Å². The molecule has 7 heteroatoms. The molecule has 2 unspecified atom stereocenters. The number of aromatic nitrogens is 3. The SMILES string of the molecule is Cc1nn(C(C)c2ccc(Cl)cc2)c(C)c1NC(=O)c1noc2c1CC(C)(c1ccccc1)CC2. The van der Waals surface area contributed by atoms with Crippen LogP contribution in [0.4, 0.5) is 5.69 Å². The fraction of sp³-hybridized carbons (Fsp3) is 0.321. The minimum absolute atomic E-state index is 0.0111. The van der Waals surface area contributed by atoms with Crippen molar-refractivity contribution in [2.24, 2.45) is 0 Å². The van der Waals surface area contributed by atoms with E-state index in [1.807, 2.05) is 48.9 Å². The van der Waals surface area contributed by atoms with Crippen molar-refractivity contribution >= 4 is 23.2 Å². The number of hydrogen-bond donors (Lipinski definition) is 1. The number of anilines is 1. The molecule has 5 rings (SSSR count). The van der Waals surface area contributed by atoms with Crippen molar-refractivity contribution in [2.75, 3.05) is 5.32 Å². The highest BCUT2D eigenvalue weighted by Gasteiger charge is 2.37. The van der Waals surface area contributed by atoms with Gasteiger partial charge in [0.25, 0.3) is 5.91 Å². The quantitative estimate of drug-likeness (QED) is 0.350. The summed E-state index contributed by atoms with van der Waals surface area (Å²) in [5, 5.41) is 12.7. The van der Waals surface area contributed by atoms with Crippen molar-refractivity contribution in [1.82, 2.24) is 14.9 Å². The first-order chi connectivity index (χ1) is 16.8. The molecule has 180 valence electrons. The summed E-state index contributed by atoms with van der Waals surface area (Å²) in [5.41, 5.74) is 5.88. The van der Waals surface area contributed by atoms with Crippen LogP contribution < -0.4 is 5.32 Å². The zero-order valence-electron chi connectivity index (χ0n) is 20.4. The van der Waals surface area contributed by atoms with Gasteiger partial charge in [-0.05, 0) is 62.3 Å². The van der Waals surface area contributed by atoms with Crippen molar-refractivity contribution in [2.45, 2.75) is 58.4 Å². The van der Waals surface area contributed by atoms with Gasteiger partial charge in [0.05, 0.1) is 23.1 Å². The fourth-order valence-corrected chi connectivity index (χ4v) is 5.26. The number of amides is 1. The summed E-state index contributed by atoms with van der Waals surface area (Å²) in [6.07, 6.45) is 2.42. The predicted octanol–water partition coefficient (Wildman–Crippen LogP) is 6.45. The van der Waals surface area contributed by atoms with Gasteiger partial charge >= 0.3 is 0 Å². The number of carbonyl (C=O) groups excluding carboxylic acids is 1. The van der Waals surface area contributed by atoms with Crippen LogP contribution in [-0.4, -0.2) is 20.8 Å². The Morgan fingerprint density at radius 2 is 1.86 bits per heavy atom.